The standard InChI is InChI=1S/C9H17N5S/c1-9(2)3-4-14(5-6-15-9)8-11-7(10)12-13-8/h3-6H2,1-2H3,(H3,10,11,12,13). The minimum absolute atomic E-state index is 0.358. The topological polar surface area (TPSA) is 70.8 Å². The predicted octanol–water partition coefficient (Wildman–Crippen LogP) is 1.11. The highest BCUT2D eigenvalue weighted by molar-refractivity contribution is 8.00. The second-order valence-corrected chi connectivity index (χ2v) is 6.17. The average molecular weight is 227 g/mol. The van der Waals surface area contributed by atoms with Crippen molar-refractivity contribution in [1.29, 1.82) is 0 Å². The first-order chi connectivity index (χ1) is 7.07. The Morgan fingerprint density at radius 2 is 2.27 bits per heavy atom. The van der Waals surface area contributed by atoms with Crippen molar-refractivity contribution in [1.82, 2.24) is 15.2 Å². The molecule has 0 spiro atoms. The molecule has 6 heteroatoms. The highest BCUT2D eigenvalue weighted by Crippen LogP contribution is 2.31. The number of hydrogen-bond donors (Lipinski definition) is 2. The lowest BCUT2D eigenvalue weighted by molar-refractivity contribution is 0.632. The number of nitrogens with one attached hydrogen (secondary N) is 1. The SMILES string of the molecule is CC1(C)CCN(c2n[nH]c(N)n2)CCS1. The molecule has 0 bridgehead atoms. The fourth-order valence-electron chi connectivity index (χ4n) is 1.63. The Kier molecular flexibility index (Phi) is 2.77. The monoisotopic (exact) mass is 227 g/mol. The van der Waals surface area contributed by atoms with Crippen molar-refractivity contribution in [2.75, 3.05) is 29.5 Å². The molecule has 0 atom stereocenters. The number of nitrogen functional groups attached to an aromatic ring is 1. The number of aromatic nitrogens is 3. The number of aromatic amines is 1. The van der Waals surface area contributed by atoms with Gasteiger partial charge >= 0.3 is 0 Å². The van der Waals surface area contributed by atoms with Crippen molar-refractivity contribution in [3.63, 3.8) is 0 Å². The zero-order valence-corrected chi connectivity index (χ0v) is 9.97. The molecular formula is C9H17N5S. The minimum atomic E-state index is 0.358. The molecule has 1 aliphatic heterocycles. The van der Waals surface area contributed by atoms with Gasteiger partial charge in [-0.3, -0.25) is 0 Å². The molecule has 0 aromatic carbocycles. The van der Waals surface area contributed by atoms with E-state index in [1.807, 2.05) is 11.8 Å². The molecule has 15 heavy (non-hydrogen) atoms. The number of anilines is 2. The normalized spacial score (nSPS) is 21.3. The Labute approximate surface area is 93.8 Å². The molecule has 84 valence electrons. The lowest BCUT2D eigenvalue weighted by Crippen LogP contribution is -2.27. The molecule has 3 N–H and O–H groups in total. The van der Waals surface area contributed by atoms with Gasteiger partial charge in [0.05, 0.1) is 0 Å². The van der Waals surface area contributed by atoms with Gasteiger partial charge in [-0.25, -0.2) is 5.10 Å². The van der Waals surface area contributed by atoms with E-state index in [4.69, 9.17) is 5.73 Å². The van der Waals surface area contributed by atoms with Crippen LogP contribution in [-0.2, 0) is 0 Å². The van der Waals surface area contributed by atoms with Crippen molar-refractivity contribution in [3.05, 3.63) is 0 Å². The van der Waals surface area contributed by atoms with Crippen LogP contribution in [0.2, 0.25) is 0 Å². The van der Waals surface area contributed by atoms with Crippen molar-refractivity contribution < 1.29 is 0 Å². The molecule has 5 nitrogen and oxygen atoms in total. The third kappa shape index (κ3) is 2.56. The second kappa shape index (κ2) is 3.92. The van der Waals surface area contributed by atoms with Crippen molar-refractivity contribution in [2.24, 2.45) is 0 Å². The lowest BCUT2D eigenvalue weighted by atomic mass is 10.1. The smallest absolute Gasteiger partial charge is 0.246 e. The fraction of sp³-hybridized carbons (Fsp3) is 0.778. The summed E-state index contributed by atoms with van der Waals surface area (Å²) in [6, 6.07) is 0. The summed E-state index contributed by atoms with van der Waals surface area (Å²) in [5, 5.41) is 6.76. The molecule has 1 aromatic rings. The summed E-state index contributed by atoms with van der Waals surface area (Å²) >= 11 is 2.01. The maximum atomic E-state index is 5.52. The van der Waals surface area contributed by atoms with E-state index >= 15 is 0 Å². The summed E-state index contributed by atoms with van der Waals surface area (Å²) in [6.07, 6.45) is 1.14. The van der Waals surface area contributed by atoms with Crippen LogP contribution in [0.5, 0.6) is 0 Å². The summed E-state index contributed by atoms with van der Waals surface area (Å²) < 4.78 is 0.358. The molecule has 1 fully saturated rings. The molecule has 0 saturated carbocycles. The van der Waals surface area contributed by atoms with Crippen LogP contribution in [0.15, 0.2) is 0 Å². The van der Waals surface area contributed by atoms with E-state index in [0.29, 0.717) is 10.7 Å². The van der Waals surface area contributed by atoms with Crippen LogP contribution in [0.3, 0.4) is 0 Å². The van der Waals surface area contributed by atoms with Crippen LogP contribution in [0.4, 0.5) is 11.9 Å². The maximum Gasteiger partial charge on any atom is 0.246 e. The van der Waals surface area contributed by atoms with E-state index in [9.17, 15) is 0 Å². The Balaban J connectivity index is 2.05. The first-order valence-corrected chi connectivity index (χ1v) is 6.12. The van der Waals surface area contributed by atoms with Gasteiger partial charge in [-0.2, -0.15) is 16.7 Å². The summed E-state index contributed by atoms with van der Waals surface area (Å²) in [7, 11) is 0. The van der Waals surface area contributed by atoms with Crippen LogP contribution in [0.1, 0.15) is 20.3 Å². The third-order valence-corrected chi connectivity index (χ3v) is 3.98. The fourth-order valence-corrected chi connectivity index (χ4v) is 2.73. The van der Waals surface area contributed by atoms with E-state index in [1.165, 1.54) is 0 Å². The lowest BCUT2D eigenvalue weighted by Gasteiger charge is -2.21. The zero-order chi connectivity index (χ0) is 10.9. The van der Waals surface area contributed by atoms with Crippen LogP contribution >= 0.6 is 11.8 Å². The third-order valence-electron chi connectivity index (χ3n) is 2.61. The Hall–Kier alpha value is -0.910. The van der Waals surface area contributed by atoms with Crippen LogP contribution in [0.25, 0.3) is 0 Å². The van der Waals surface area contributed by atoms with Crippen molar-refractivity contribution >= 4 is 23.7 Å². The van der Waals surface area contributed by atoms with Gasteiger partial charge in [0.2, 0.25) is 11.9 Å². The average Bonchev–Trinajstić information content (AvgIpc) is 2.49. The van der Waals surface area contributed by atoms with Crippen LogP contribution in [0, 0.1) is 0 Å². The molecule has 2 heterocycles. The maximum absolute atomic E-state index is 5.52. The quantitative estimate of drug-likeness (QED) is 0.752. The molecule has 1 aliphatic rings. The molecule has 1 aromatic heterocycles. The van der Waals surface area contributed by atoms with E-state index in [0.717, 1.165) is 31.2 Å². The van der Waals surface area contributed by atoms with E-state index in [1.54, 1.807) is 0 Å². The number of hydrogen-bond acceptors (Lipinski definition) is 5. The highest BCUT2D eigenvalue weighted by atomic mass is 32.2. The van der Waals surface area contributed by atoms with Gasteiger partial charge < -0.3 is 10.6 Å². The van der Waals surface area contributed by atoms with Gasteiger partial charge in [0.15, 0.2) is 0 Å². The van der Waals surface area contributed by atoms with Crippen LogP contribution in [-0.4, -0.2) is 38.8 Å². The first kappa shape index (κ1) is 10.6. The van der Waals surface area contributed by atoms with E-state index in [-0.39, 0.29) is 0 Å². The number of thioether (sulfide) groups is 1. The van der Waals surface area contributed by atoms with Gasteiger partial charge in [-0.1, -0.05) is 13.8 Å². The largest absolute Gasteiger partial charge is 0.368 e. The Morgan fingerprint density at radius 1 is 1.47 bits per heavy atom. The van der Waals surface area contributed by atoms with E-state index in [2.05, 4.69) is 33.9 Å². The number of rotatable bonds is 1. The molecule has 2 rings (SSSR count). The Bertz CT molecular complexity index is 335. The van der Waals surface area contributed by atoms with Gasteiger partial charge in [0.25, 0.3) is 0 Å². The van der Waals surface area contributed by atoms with Gasteiger partial charge in [-0.15, -0.1) is 5.10 Å². The van der Waals surface area contributed by atoms with Crippen molar-refractivity contribution in [2.45, 2.75) is 25.0 Å². The van der Waals surface area contributed by atoms with Gasteiger partial charge in [0.1, 0.15) is 0 Å². The predicted molar refractivity (Wildman–Crippen MR) is 64.2 cm³/mol. The van der Waals surface area contributed by atoms with Crippen molar-refractivity contribution in [3.8, 4) is 0 Å². The minimum Gasteiger partial charge on any atom is -0.368 e. The highest BCUT2D eigenvalue weighted by Gasteiger charge is 2.24. The molecule has 0 aliphatic carbocycles. The molecular weight excluding hydrogens is 210 g/mol. The zero-order valence-electron chi connectivity index (χ0n) is 9.16. The van der Waals surface area contributed by atoms with Crippen LogP contribution < -0.4 is 10.6 Å². The Morgan fingerprint density at radius 3 is 2.93 bits per heavy atom. The molecule has 0 amide bonds. The van der Waals surface area contributed by atoms with Gasteiger partial charge in [-0.05, 0) is 6.42 Å². The first-order valence-electron chi connectivity index (χ1n) is 5.14. The number of nitrogens with zero attached hydrogens (tertiary/aromatic N) is 3. The summed E-state index contributed by atoms with van der Waals surface area (Å²) in [5.41, 5.74) is 5.52. The van der Waals surface area contributed by atoms with E-state index < -0.39 is 0 Å². The number of nitrogens with two attached hydrogens (primary N) is 1. The molecule has 0 unspecified atom stereocenters. The molecule has 0 radical (unpaired) electrons. The second-order valence-electron chi connectivity index (χ2n) is 4.37. The summed E-state index contributed by atoms with van der Waals surface area (Å²) in [4.78, 5) is 6.34. The number of H-pyrrole nitrogens is 1. The summed E-state index contributed by atoms with van der Waals surface area (Å²) in [5.74, 6) is 2.23. The van der Waals surface area contributed by atoms with Gasteiger partial charge in [0, 0.05) is 23.6 Å². The molecule has 1 saturated heterocycles. The summed E-state index contributed by atoms with van der Waals surface area (Å²) in [6.45, 7) is 6.56.